The summed E-state index contributed by atoms with van der Waals surface area (Å²) < 4.78 is 81.5. The average Bonchev–Trinajstić information content (AvgIpc) is 3.64. The van der Waals surface area contributed by atoms with Crippen LogP contribution < -0.4 is 50.8 Å². The summed E-state index contributed by atoms with van der Waals surface area (Å²) >= 11 is 0. The molecular formula is C40H30F4O4P2+2. The molecule has 0 saturated heterocycles. The Morgan fingerprint density at radius 1 is 0.380 bits per heavy atom. The number of halogens is 4. The molecule has 0 amide bonds. The number of hydrogen-bond acceptors (Lipinski definition) is 4. The van der Waals surface area contributed by atoms with Crippen LogP contribution in [0, 0.1) is 0 Å². The van der Waals surface area contributed by atoms with Crippen molar-refractivity contribution in [2.45, 2.75) is 12.6 Å². The third kappa shape index (κ3) is 5.21. The predicted octanol–water partition coefficient (Wildman–Crippen LogP) is 7.84. The molecule has 0 saturated carbocycles. The zero-order chi connectivity index (χ0) is 34.7. The van der Waals surface area contributed by atoms with Crippen LogP contribution in [0.15, 0.2) is 146 Å². The van der Waals surface area contributed by atoms with Crippen LogP contribution in [0.2, 0.25) is 0 Å². The summed E-state index contributed by atoms with van der Waals surface area (Å²) in [6, 6.07) is 45.5. The maximum absolute atomic E-state index is 15.2. The summed E-state index contributed by atoms with van der Waals surface area (Å²) in [6.07, 6.45) is -8.00. The number of alkyl halides is 4. The smallest absolute Gasteiger partial charge is 0.395 e. The van der Waals surface area contributed by atoms with Crippen molar-refractivity contribution in [2.24, 2.45) is 0 Å². The van der Waals surface area contributed by atoms with Crippen LogP contribution in [-0.4, -0.2) is 25.9 Å². The Bertz CT molecular complexity index is 1960. The molecule has 0 N–H and O–H groups in total. The lowest BCUT2D eigenvalue weighted by molar-refractivity contribution is -0.287. The summed E-state index contributed by atoms with van der Waals surface area (Å²) in [7, 11) is -5.46. The molecule has 2 heterocycles. The summed E-state index contributed by atoms with van der Waals surface area (Å²) in [5, 5.41) is 5.01. The van der Waals surface area contributed by atoms with E-state index in [4.69, 9.17) is 18.9 Å². The van der Waals surface area contributed by atoms with Gasteiger partial charge in [-0.05, 0) is 72.8 Å². The molecule has 0 atom stereocenters. The zero-order valence-electron chi connectivity index (χ0n) is 26.9. The molecule has 4 nitrogen and oxygen atoms in total. The topological polar surface area (TPSA) is 36.9 Å². The van der Waals surface area contributed by atoms with E-state index in [0.29, 0.717) is 10.6 Å². The quantitative estimate of drug-likeness (QED) is 0.125. The molecule has 6 aromatic carbocycles. The van der Waals surface area contributed by atoms with Gasteiger partial charge in [0.25, 0.3) is 0 Å². The number of benzene rings is 6. The summed E-state index contributed by atoms with van der Waals surface area (Å²) in [5.74, 6) is -0.941. The van der Waals surface area contributed by atoms with Gasteiger partial charge in [-0.3, -0.25) is 0 Å². The van der Waals surface area contributed by atoms with Gasteiger partial charge in [0.2, 0.25) is 0 Å². The van der Waals surface area contributed by atoms with Gasteiger partial charge in [0.05, 0.1) is 24.5 Å². The van der Waals surface area contributed by atoms with E-state index >= 15 is 17.6 Å². The number of ether oxygens (including phenoxy) is 4. The minimum absolute atomic E-state index is 0.189. The first-order valence-corrected chi connectivity index (χ1v) is 20.3. The molecule has 10 heteroatoms. The maximum Gasteiger partial charge on any atom is 0.586 e. The van der Waals surface area contributed by atoms with Gasteiger partial charge in [-0.25, -0.2) is 0 Å². The highest BCUT2D eigenvalue weighted by Gasteiger charge is 2.55. The van der Waals surface area contributed by atoms with Gasteiger partial charge < -0.3 is 18.9 Å². The molecule has 50 heavy (non-hydrogen) atoms. The summed E-state index contributed by atoms with van der Waals surface area (Å²) in [6.45, 7) is 4.18. The lowest BCUT2D eigenvalue weighted by Crippen LogP contribution is -2.35. The van der Waals surface area contributed by atoms with E-state index in [1.54, 1.807) is 12.1 Å². The lowest BCUT2D eigenvalue weighted by Gasteiger charge is -2.29. The lowest BCUT2D eigenvalue weighted by atomic mass is 10.0. The van der Waals surface area contributed by atoms with E-state index in [1.165, 1.54) is 12.1 Å². The Morgan fingerprint density at radius 3 is 0.940 bits per heavy atom. The van der Waals surface area contributed by atoms with Crippen molar-refractivity contribution in [3.05, 3.63) is 146 Å². The minimum Gasteiger partial charge on any atom is -0.395 e. The van der Waals surface area contributed by atoms with Crippen molar-refractivity contribution in [2.75, 3.05) is 13.3 Å². The molecule has 6 aromatic rings. The highest BCUT2D eigenvalue weighted by molar-refractivity contribution is 7.96. The van der Waals surface area contributed by atoms with E-state index < -0.39 is 27.1 Å². The molecule has 250 valence electrons. The summed E-state index contributed by atoms with van der Waals surface area (Å²) in [4.78, 5) is 0. The molecule has 2 aliphatic heterocycles. The Labute approximate surface area is 287 Å². The van der Waals surface area contributed by atoms with E-state index in [9.17, 15) is 0 Å². The van der Waals surface area contributed by atoms with Gasteiger partial charge in [0, 0.05) is 0 Å². The first-order chi connectivity index (χ1) is 24.0. The molecule has 0 radical (unpaired) electrons. The van der Waals surface area contributed by atoms with E-state index in [1.807, 2.05) is 121 Å². The zero-order valence-corrected chi connectivity index (χ0v) is 28.7. The molecular weight excluding hydrogens is 682 g/mol. The highest BCUT2D eigenvalue weighted by atomic mass is 31.2. The Morgan fingerprint density at radius 2 is 0.660 bits per heavy atom. The Hall–Kier alpha value is -4.90. The van der Waals surface area contributed by atoms with Gasteiger partial charge in [-0.1, -0.05) is 72.8 Å². The van der Waals surface area contributed by atoms with Crippen molar-refractivity contribution in [1.82, 2.24) is 0 Å². The molecule has 0 fully saturated rings. The molecule has 0 aromatic heterocycles. The average molecular weight is 713 g/mol. The second-order valence-electron chi connectivity index (χ2n) is 12.3. The minimum atomic E-state index is -4.00. The van der Waals surface area contributed by atoms with Crippen molar-refractivity contribution in [3.63, 3.8) is 0 Å². The second-order valence-corrected chi connectivity index (χ2v) is 19.3. The first kappa shape index (κ1) is 32.3. The van der Waals surface area contributed by atoms with E-state index in [0.717, 1.165) is 21.2 Å². The van der Waals surface area contributed by atoms with Crippen LogP contribution in [0.5, 0.6) is 23.0 Å². The fraction of sp³-hybridized carbons (Fsp3) is 0.100. The Balaban J connectivity index is 1.55. The number of hydrogen-bond donors (Lipinski definition) is 0. The van der Waals surface area contributed by atoms with Gasteiger partial charge in [-0.15, -0.1) is 17.6 Å². The first-order valence-electron chi connectivity index (χ1n) is 15.8. The Kier molecular flexibility index (Phi) is 7.67. The van der Waals surface area contributed by atoms with Crippen LogP contribution in [0.4, 0.5) is 17.6 Å². The fourth-order valence-electron chi connectivity index (χ4n) is 6.99. The van der Waals surface area contributed by atoms with Crippen molar-refractivity contribution in [3.8, 4) is 34.1 Å². The van der Waals surface area contributed by atoms with Gasteiger partial charge >= 0.3 is 12.6 Å². The number of fused-ring (bicyclic) bond motifs is 2. The third-order valence-corrected chi connectivity index (χ3v) is 17.4. The SMILES string of the molecule is C[P+](c1ccccc1)(c1ccccc1)c1ccc2c(c1-c1c([P+](C)(c3ccccc3)c3ccccc3)ccc3c1OC(F)(F)O3)OC(F)(F)O2. The monoisotopic (exact) mass is 712 g/mol. The van der Waals surface area contributed by atoms with Crippen molar-refractivity contribution in [1.29, 1.82) is 0 Å². The van der Waals surface area contributed by atoms with Crippen LogP contribution in [0.1, 0.15) is 0 Å². The molecule has 8 rings (SSSR count). The second kappa shape index (κ2) is 11.9. The standard InChI is InChI=1S/C40H30F4O4P2/c1-49(27-15-7-3-8-16-27,28-17-9-4-10-18-28)33-25-23-31-37(47-39(41,42)45-31)35(33)36-34(26-24-32-38(36)48-40(43,44)46-32)50(2,29-19-11-5-12-20-29)30-21-13-6-14-22-30/h3-26H,1-2H3/q+2. The molecule has 0 bridgehead atoms. The van der Waals surface area contributed by atoms with E-state index in [2.05, 4.69) is 13.3 Å². The van der Waals surface area contributed by atoms with Gasteiger partial charge in [0.15, 0.2) is 23.0 Å². The largest absolute Gasteiger partial charge is 0.586 e. The third-order valence-electron chi connectivity index (χ3n) is 9.40. The van der Waals surface area contributed by atoms with Gasteiger partial charge in [0.1, 0.15) is 46.4 Å². The summed E-state index contributed by atoms with van der Waals surface area (Å²) in [5.41, 5.74) is 0.379. The molecule has 0 aliphatic carbocycles. The highest BCUT2D eigenvalue weighted by Crippen LogP contribution is 2.63. The van der Waals surface area contributed by atoms with Crippen LogP contribution in [0.25, 0.3) is 11.1 Å². The molecule has 0 unspecified atom stereocenters. The van der Waals surface area contributed by atoms with Gasteiger partial charge in [-0.2, -0.15) is 0 Å². The maximum atomic E-state index is 15.2. The predicted molar refractivity (Wildman–Crippen MR) is 194 cm³/mol. The van der Waals surface area contributed by atoms with Crippen LogP contribution in [-0.2, 0) is 0 Å². The van der Waals surface area contributed by atoms with Crippen molar-refractivity contribution < 1.29 is 36.5 Å². The van der Waals surface area contributed by atoms with E-state index in [-0.39, 0.29) is 34.1 Å². The normalized spacial score (nSPS) is 15.6. The molecule has 0 spiro atoms. The van der Waals surface area contributed by atoms with Crippen LogP contribution >= 0.6 is 14.5 Å². The fourth-order valence-corrected chi connectivity index (χ4v) is 13.8. The molecule has 2 aliphatic rings. The van der Waals surface area contributed by atoms with Crippen LogP contribution in [0.3, 0.4) is 0 Å². The van der Waals surface area contributed by atoms with Crippen molar-refractivity contribution >= 4 is 46.4 Å². The number of rotatable bonds is 7.